The average molecular weight is 590 g/mol. The van der Waals surface area contributed by atoms with E-state index in [-0.39, 0.29) is 40.7 Å². The summed E-state index contributed by atoms with van der Waals surface area (Å²) in [5.41, 5.74) is 3.20. The molecule has 0 amide bonds. The summed E-state index contributed by atoms with van der Waals surface area (Å²) in [5, 5.41) is 0. The summed E-state index contributed by atoms with van der Waals surface area (Å²) in [6.45, 7) is 2.92. The molecule has 0 radical (unpaired) electrons. The molecule has 3 aliphatic rings. The van der Waals surface area contributed by atoms with E-state index in [4.69, 9.17) is 0 Å². The topological polar surface area (TPSA) is 71.5 Å². The Balaban J connectivity index is 1.17. The van der Waals surface area contributed by atoms with E-state index in [0.717, 1.165) is 12.0 Å². The van der Waals surface area contributed by atoms with Crippen LogP contribution in [0.1, 0.15) is 50.6 Å². The quantitative estimate of drug-likeness (QED) is 0.151. The highest BCUT2D eigenvalue weighted by Crippen LogP contribution is 2.78. The third-order valence-corrected chi connectivity index (χ3v) is 12.0. The van der Waals surface area contributed by atoms with E-state index in [1.165, 1.54) is 5.56 Å². The van der Waals surface area contributed by atoms with Gasteiger partial charge in [-0.3, -0.25) is 9.59 Å². The van der Waals surface area contributed by atoms with E-state index < -0.39 is 15.9 Å². The van der Waals surface area contributed by atoms with Gasteiger partial charge in [0.2, 0.25) is 10.0 Å². The van der Waals surface area contributed by atoms with Crippen molar-refractivity contribution >= 4 is 21.6 Å². The lowest BCUT2D eigenvalue weighted by Gasteiger charge is -2.24. The molecule has 4 aromatic carbocycles. The molecule has 6 heteroatoms. The fraction of sp³-hybridized carbons (Fsp3) is 0.297. The molecule has 0 aromatic heterocycles. The Kier molecular flexibility index (Phi) is 6.94. The molecule has 7 rings (SSSR count). The summed E-state index contributed by atoms with van der Waals surface area (Å²) in [6.07, 6.45) is 1.38. The number of aryl methyl sites for hydroxylation is 1. The predicted octanol–water partition coefficient (Wildman–Crippen LogP) is 6.81. The van der Waals surface area contributed by atoms with Gasteiger partial charge in [-0.1, -0.05) is 109 Å². The summed E-state index contributed by atoms with van der Waals surface area (Å²) in [5.74, 6) is -0.102. The van der Waals surface area contributed by atoms with Crippen LogP contribution in [0.15, 0.2) is 120 Å². The minimum absolute atomic E-state index is 0.139. The second-order valence-electron chi connectivity index (χ2n) is 12.6. The Morgan fingerprint density at radius 1 is 0.767 bits per heavy atom. The first kappa shape index (κ1) is 27.9. The lowest BCUT2D eigenvalue weighted by atomic mass is 9.84. The fourth-order valence-corrected chi connectivity index (χ4v) is 9.43. The molecule has 0 spiro atoms. The van der Waals surface area contributed by atoms with Gasteiger partial charge in [-0.25, -0.2) is 8.42 Å². The molecule has 2 saturated carbocycles. The third-order valence-electron chi connectivity index (χ3n) is 10.1. The van der Waals surface area contributed by atoms with Gasteiger partial charge in [0.25, 0.3) is 0 Å². The van der Waals surface area contributed by atoms with Gasteiger partial charge in [0.05, 0.1) is 10.8 Å². The smallest absolute Gasteiger partial charge is 0.243 e. The van der Waals surface area contributed by atoms with Crippen LogP contribution in [0.3, 0.4) is 0 Å². The second kappa shape index (κ2) is 10.7. The third kappa shape index (κ3) is 4.87. The molecule has 1 saturated heterocycles. The number of sulfonamides is 1. The number of hydrogen-bond acceptors (Lipinski definition) is 4. The van der Waals surface area contributed by atoms with Gasteiger partial charge >= 0.3 is 0 Å². The van der Waals surface area contributed by atoms with Gasteiger partial charge in [-0.2, -0.15) is 4.31 Å². The average Bonchev–Trinajstić information content (AvgIpc) is 3.92. The number of hydrogen-bond donors (Lipinski definition) is 0. The van der Waals surface area contributed by atoms with Crippen LogP contribution in [0.4, 0.5) is 0 Å². The normalized spacial score (nSPS) is 26.2. The lowest BCUT2D eigenvalue weighted by molar-refractivity contribution is 0.0791. The molecule has 4 aromatic rings. The van der Waals surface area contributed by atoms with Crippen molar-refractivity contribution in [1.29, 1.82) is 0 Å². The first-order valence-corrected chi connectivity index (χ1v) is 16.5. The number of rotatable bonds is 10. The molecule has 0 N–H and O–H groups in total. The number of nitrogens with zero attached hydrogens (tertiary/aromatic N) is 1. The largest absolute Gasteiger partial charge is 0.293 e. The van der Waals surface area contributed by atoms with Gasteiger partial charge in [0.1, 0.15) is 0 Å². The molecule has 0 unspecified atom stereocenters. The zero-order valence-electron chi connectivity index (χ0n) is 24.2. The molecular formula is C37H35NO4S. The number of piperidine rings is 1. The van der Waals surface area contributed by atoms with Gasteiger partial charge < -0.3 is 0 Å². The number of carbonyl (C=O) groups excluding carboxylic acids is 2. The van der Waals surface area contributed by atoms with Gasteiger partial charge in [-0.05, 0) is 66.5 Å². The molecule has 43 heavy (non-hydrogen) atoms. The van der Waals surface area contributed by atoms with E-state index in [2.05, 4.69) is 24.3 Å². The van der Waals surface area contributed by atoms with Crippen molar-refractivity contribution in [3.05, 3.63) is 138 Å². The van der Waals surface area contributed by atoms with E-state index >= 15 is 0 Å². The first-order valence-electron chi connectivity index (χ1n) is 15.1. The maximum Gasteiger partial charge on any atom is 0.243 e. The molecular weight excluding hydrogens is 554 g/mol. The van der Waals surface area contributed by atoms with E-state index in [1.54, 1.807) is 40.7 Å². The molecule has 1 heterocycles. The van der Waals surface area contributed by atoms with Crippen LogP contribution in [-0.2, 0) is 10.0 Å². The molecule has 5 atom stereocenters. The highest BCUT2D eigenvalue weighted by Gasteiger charge is 2.77. The van der Waals surface area contributed by atoms with Crippen LogP contribution in [0.2, 0.25) is 0 Å². The van der Waals surface area contributed by atoms with Crippen molar-refractivity contribution in [3.8, 4) is 0 Å². The molecule has 1 aliphatic heterocycles. The van der Waals surface area contributed by atoms with Crippen molar-refractivity contribution < 1.29 is 18.0 Å². The summed E-state index contributed by atoms with van der Waals surface area (Å²) in [7, 11) is -3.62. The molecule has 218 valence electrons. The molecule has 5 nitrogen and oxygen atoms in total. The monoisotopic (exact) mass is 589 g/mol. The number of carbonyl (C=O) groups is 2. The first-order chi connectivity index (χ1) is 20.8. The van der Waals surface area contributed by atoms with Crippen molar-refractivity contribution in [2.24, 2.45) is 29.1 Å². The summed E-state index contributed by atoms with van der Waals surface area (Å²) in [6, 6.07) is 35.7. The second-order valence-corrected chi connectivity index (χ2v) is 14.5. The van der Waals surface area contributed by atoms with Crippen LogP contribution in [-0.4, -0.2) is 37.4 Å². The van der Waals surface area contributed by atoms with Crippen LogP contribution in [0, 0.1) is 36.0 Å². The van der Waals surface area contributed by atoms with Crippen LogP contribution < -0.4 is 0 Å². The summed E-state index contributed by atoms with van der Waals surface area (Å²) < 4.78 is 29.1. The molecule has 3 fully saturated rings. The molecule has 2 aliphatic carbocycles. The van der Waals surface area contributed by atoms with E-state index in [9.17, 15) is 18.0 Å². The summed E-state index contributed by atoms with van der Waals surface area (Å²) in [4.78, 5) is 27.9. The number of fused-ring (bicyclic) bond motifs is 1. The van der Waals surface area contributed by atoms with E-state index in [1.807, 2.05) is 61.5 Å². The Morgan fingerprint density at radius 2 is 1.30 bits per heavy atom. The summed E-state index contributed by atoms with van der Waals surface area (Å²) >= 11 is 0. The van der Waals surface area contributed by atoms with Crippen LogP contribution in [0.5, 0.6) is 0 Å². The zero-order valence-corrected chi connectivity index (χ0v) is 25.0. The Morgan fingerprint density at radius 3 is 1.86 bits per heavy atom. The van der Waals surface area contributed by atoms with Crippen LogP contribution in [0.25, 0.3) is 0 Å². The SMILES string of the molecule is Cc1ccc(S(=O)(=O)N2C[C@H]3[C@H](c4ccccc4)[C@@]3([C@@H]3C[C@H]3CC(C(=O)c3ccccc3)C(=O)c3ccccc3)C2)cc1. The number of benzene rings is 4. The van der Waals surface area contributed by atoms with Crippen molar-refractivity contribution in [1.82, 2.24) is 4.31 Å². The minimum Gasteiger partial charge on any atom is -0.293 e. The van der Waals surface area contributed by atoms with Crippen molar-refractivity contribution in [2.75, 3.05) is 13.1 Å². The predicted molar refractivity (Wildman–Crippen MR) is 166 cm³/mol. The zero-order chi connectivity index (χ0) is 29.8. The Hall–Kier alpha value is -3.87. The lowest BCUT2D eigenvalue weighted by Crippen LogP contribution is -2.34. The van der Waals surface area contributed by atoms with E-state index in [0.29, 0.717) is 35.5 Å². The molecule has 0 bridgehead atoms. The van der Waals surface area contributed by atoms with Crippen molar-refractivity contribution in [3.63, 3.8) is 0 Å². The van der Waals surface area contributed by atoms with Gasteiger partial charge in [0.15, 0.2) is 11.6 Å². The number of Topliss-reactive ketones (excluding diaryl/α,β-unsaturated/α-hetero) is 2. The number of ketones is 2. The highest BCUT2D eigenvalue weighted by molar-refractivity contribution is 7.89. The maximum absolute atomic E-state index is 13.8. The van der Waals surface area contributed by atoms with Crippen molar-refractivity contribution in [2.45, 2.75) is 30.6 Å². The van der Waals surface area contributed by atoms with Crippen LogP contribution >= 0.6 is 0 Å². The van der Waals surface area contributed by atoms with Gasteiger partial charge in [0, 0.05) is 24.2 Å². The van der Waals surface area contributed by atoms with Gasteiger partial charge in [-0.15, -0.1) is 0 Å². The maximum atomic E-state index is 13.8. The standard InChI is InChI=1S/C37H35NO4S/c1-25-17-19-30(20-18-25)43(41,42)38-23-33-34(26-11-5-2-6-12-26)37(33,24-38)32-22-29(32)21-31(35(39)27-13-7-3-8-14-27)36(40)28-15-9-4-10-16-28/h2-20,29,31-34H,21-24H2,1H3/t29-,32-,33+,34+,37-/m1/s1. The minimum atomic E-state index is -3.62. The fourth-order valence-electron chi connectivity index (χ4n) is 7.90. The highest BCUT2D eigenvalue weighted by atomic mass is 32.2. The Labute approximate surface area is 253 Å². The Bertz CT molecular complexity index is 1700.